The molecular weight excluding hydrogens is 390 g/mol. The van der Waals surface area contributed by atoms with E-state index in [0.717, 1.165) is 37.3 Å². The van der Waals surface area contributed by atoms with Gasteiger partial charge in [0, 0.05) is 56.9 Å². The van der Waals surface area contributed by atoms with Crippen LogP contribution in [0.2, 0.25) is 0 Å². The first-order valence-corrected chi connectivity index (χ1v) is 10.8. The molecule has 7 heteroatoms. The van der Waals surface area contributed by atoms with Crippen molar-refractivity contribution < 1.29 is 9.59 Å². The number of amides is 1. The summed E-state index contributed by atoms with van der Waals surface area (Å²) < 4.78 is 0. The van der Waals surface area contributed by atoms with E-state index in [9.17, 15) is 9.59 Å². The summed E-state index contributed by atoms with van der Waals surface area (Å²) in [5, 5.41) is 12.7. The van der Waals surface area contributed by atoms with Crippen LogP contribution >= 0.6 is 0 Å². The highest BCUT2D eigenvalue weighted by Crippen LogP contribution is 2.05. The molecule has 2 rings (SSSR count). The largest absolute Gasteiger partial charge is 0.351 e. The molecule has 0 heterocycles. The van der Waals surface area contributed by atoms with Crippen molar-refractivity contribution in [1.29, 1.82) is 0 Å². The van der Waals surface area contributed by atoms with Crippen LogP contribution in [-0.2, 0) is 0 Å². The minimum Gasteiger partial charge on any atom is -0.351 e. The van der Waals surface area contributed by atoms with Crippen LogP contribution in [-0.4, -0.2) is 63.5 Å². The van der Waals surface area contributed by atoms with Gasteiger partial charge in [0.05, 0.1) is 6.04 Å². The number of rotatable bonds is 14. The Labute approximate surface area is 185 Å². The number of hydrogen-bond donors (Lipinski definition) is 5. The lowest BCUT2D eigenvalue weighted by molar-refractivity contribution is 0.0948. The van der Waals surface area contributed by atoms with E-state index in [-0.39, 0.29) is 11.7 Å². The number of nitrogens with two attached hydrogens (primary N) is 1. The summed E-state index contributed by atoms with van der Waals surface area (Å²) >= 11 is 0. The number of hydrogen-bond acceptors (Lipinski definition) is 6. The Hall–Kier alpha value is -2.58. The molecule has 31 heavy (non-hydrogen) atoms. The number of carbonyl (C=O) groups is 2. The van der Waals surface area contributed by atoms with Crippen molar-refractivity contribution in [3.05, 3.63) is 70.8 Å². The zero-order valence-corrected chi connectivity index (χ0v) is 18.5. The van der Waals surface area contributed by atoms with Crippen LogP contribution in [0, 0.1) is 13.8 Å². The molecule has 0 bridgehead atoms. The first-order valence-electron chi connectivity index (χ1n) is 10.8. The van der Waals surface area contributed by atoms with E-state index in [4.69, 9.17) is 5.73 Å². The average Bonchev–Trinajstić information content (AvgIpc) is 2.77. The highest BCUT2D eigenvalue weighted by atomic mass is 16.1. The summed E-state index contributed by atoms with van der Waals surface area (Å²) in [7, 11) is 0. The Morgan fingerprint density at radius 3 is 1.71 bits per heavy atom. The number of nitrogens with one attached hydrogen (secondary N) is 4. The molecule has 0 aliphatic carbocycles. The molecule has 168 valence electrons. The van der Waals surface area contributed by atoms with E-state index >= 15 is 0 Å². The monoisotopic (exact) mass is 425 g/mol. The van der Waals surface area contributed by atoms with Gasteiger partial charge in [-0.05, 0) is 26.0 Å². The zero-order valence-electron chi connectivity index (χ0n) is 18.5. The van der Waals surface area contributed by atoms with Crippen molar-refractivity contribution in [3.8, 4) is 0 Å². The Morgan fingerprint density at radius 1 is 0.710 bits per heavy atom. The smallest absolute Gasteiger partial charge is 0.251 e. The van der Waals surface area contributed by atoms with Gasteiger partial charge in [-0.3, -0.25) is 9.59 Å². The fourth-order valence-corrected chi connectivity index (χ4v) is 2.96. The molecule has 0 spiro atoms. The second-order valence-electron chi connectivity index (χ2n) is 7.66. The third-order valence-electron chi connectivity index (χ3n) is 4.90. The van der Waals surface area contributed by atoms with E-state index in [0.29, 0.717) is 30.8 Å². The van der Waals surface area contributed by atoms with Crippen LogP contribution in [0.15, 0.2) is 48.5 Å². The van der Waals surface area contributed by atoms with Crippen molar-refractivity contribution in [1.82, 2.24) is 21.3 Å². The molecule has 0 aromatic heterocycles. The Balaban J connectivity index is 1.43. The van der Waals surface area contributed by atoms with Crippen molar-refractivity contribution in [2.24, 2.45) is 5.73 Å². The van der Waals surface area contributed by atoms with E-state index in [1.807, 2.05) is 62.4 Å². The van der Waals surface area contributed by atoms with Gasteiger partial charge >= 0.3 is 0 Å². The Kier molecular flexibility index (Phi) is 10.9. The average molecular weight is 426 g/mol. The fourth-order valence-electron chi connectivity index (χ4n) is 2.96. The standard InChI is InChI=1S/C24H35N5O2/c1-18-3-7-20(8-4-18)23(30)22(25)17-28-14-13-26-11-12-27-15-16-29-24(31)21-9-5-19(2)6-10-21/h3-10,22,26-28H,11-17,25H2,1-2H3,(H,29,31). The minimum atomic E-state index is -0.542. The summed E-state index contributed by atoms with van der Waals surface area (Å²) in [5.74, 6) is -0.0933. The van der Waals surface area contributed by atoms with E-state index < -0.39 is 6.04 Å². The summed E-state index contributed by atoms with van der Waals surface area (Å²) in [4.78, 5) is 24.3. The van der Waals surface area contributed by atoms with Gasteiger partial charge in [-0.1, -0.05) is 47.5 Å². The van der Waals surface area contributed by atoms with Crippen LogP contribution in [0.3, 0.4) is 0 Å². The molecule has 1 unspecified atom stereocenters. The third-order valence-corrected chi connectivity index (χ3v) is 4.90. The van der Waals surface area contributed by atoms with Crippen molar-refractivity contribution in [2.45, 2.75) is 19.9 Å². The van der Waals surface area contributed by atoms with E-state index in [1.54, 1.807) is 0 Å². The van der Waals surface area contributed by atoms with Gasteiger partial charge in [0.15, 0.2) is 5.78 Å². The summed E-state index contributed by atoms with van der Waals surface area (Å²) in [5.41, 5.74) is 9.58. The van der Waals surface area contributed by atoms with Crippen molar-refractivity contribution in [3.63, 3.8) is 0 Å². The van der Waals surface area contributed by atoms with E-state index in [2.05, 4.69) is 21.3 Å². The molecule has 2 aromatic rings. The SMILES string of the molecule is Cc1ccc(C(=O)NCCNCCNCCNCC(N)C(=O)c2ccc(C)cc2)cc1. The minimum absolute atomic E-state index is 0.0425. The van der Waals surface area contributed by atoms with Crippen LogP contribution in [0.1, 0.15) is 31.8 Å². The number of carbonyl (C=O) groups excluding carboxylic acids is 2. The van der Waals surface area contributed by atoms with Gasteiger partial charge in [0.25, 0.3) is 5.91 Å². The predicted molar refractivity (Wildman–Crippen MR) is 126 cm³/mol. The van der Waals surface area contributed by atoms with Crippen LogP contribution < -0.4 is 27.0 Å². The number of benzene rings is 2. The molecule has 0 radical (unpaired) electrons. The van der Waals surface area contributed by atoms with Crippen molar-refractivity contribution in [2.75, 3.05) is 45.8 Å². The Morgan fingerprint density at radius 2 is 1.16 bits per heavy atom. The molecular formula is C24H35N5O2. The molecule has 0 saturated heterocycles. The normalized spacial score (nSPS) is 11.8. The predicted octanol–water partition coefficient (Wildman–Crippen LogP) is 1.01. The highest BCUT2D eigenvalue weighted by molar-refractivity contribution is 6.00. The maximum Gasteiger partial charge on any atom is 0.251 e. The number of ketones is 1. The molecule has 1 atom stereocenters. The third kappa shape index (κ3) is 9.40. The highest BCUT2D eigenvalue weighted by Gasteiger charge is 2.14. The molecule has 7 nitrogen and oxygen atoms in total. The topological polar surface area (TPSA) is 108 Å². The lowest BCUT2D eigenvalue weighted by Gasteiger charge is -2.13. The lowest BCUT2D eigenvalue weighted by Crippen LogP contribution is -2.42. The van der Waals surface area contributed by atoms with Gasteiger partial charge in [0.2, 0.25) is 0 Å². The lowest BCUT2D eigenvalue weighted by atomic mass is 10.0. The first-order chi connectivity index (χ1) is 15.0. The summed E-state index contributed by atoms with van der Waals surface area (Å²) in [6.07, 6.45) is 0. The molecule has 0 aliphatic heterocycles. The first kappa shape index (κ1) is 24.7. The maximum absolute atomic E-state index is 12.3. The van der Waals surface area contributed by atoms with Gasteiger partial charge < -0.3 is 27.0 Å². The molecule has 0 saturated carbocycles. The van der Waals surface area contributed by atoms with Crippen LogP contribution in [0.25, 0.3) is 0 Å². The van der Waals surface area contributed by atoms with E-state index in [1.165, 1.54) is 0 Å². The maximum atomic E-state index is 12.3. The summed E-state index contributed by atoms with van der Waals surface area (Å²) in [6, 6.07) is 14.5. The van der Waals surface area contributed by atoms with Crippen molar-refractivity contribution >= 4 is 11.7 Å². The molecule has 0 fully saturated rings. The molecule has 2 aromatic carbocycles. The van der Waals surface area contributed by atoms with Crippen LogP contribution in [0.5, 0.6) is 0 Å². The number of aryl methyl sites for hydroxylation is 2. The Bertz CT molecular complexity index is 806. The fraction of sp³-hybridized carbons (Fsp3) is 0.417. The van der Waals surface area contributed by atoms with Crippen LogP contribution in [0.4, 0.5) is 0 Å². The number of Topliss-reactive ketones (excluding diaryl/α,β-unsaturated/α-hetero) is 1. The second-order valence-corrected chi connectivity index (χ2v) is 7.66. The quantitative estimate of drug-likeness (QED) is 0.228. The van der Waals surface area contributed by atoms with Gasteiger partial charge in [0.1, 0.15) is 0 Å². The molecule has 0 aliphatic rings. The summed E-state index contributed by atoms with van der Waals surface area (Å²) in [6.45, 7) is 8.90. The van der Waals surface area contributed by atoms with Gasteiger partial charge in [-0.25, -0.2) is 0 Å². The molecule has 6 N–H and O–H groups in total. The zero-order chi connectivity index (χ0) is 22.5. The second kappa shape index (κ2) is 13.7. The van der Waals surface area contributed by atoms with Gasteiger partial charge in [-0.2, -0.15) is 0 Å². The van der Waals surface area contributed by atoms with Gasteiger partial charge in [-0.15, -0.1) is 0 Å². The molecule has 1 amide bonds.